The fraction of sp³-hybridized carbons (Fsp3) is 0.692. The second kappa shape index (κ2) is 36.3. The quantitative estimate of drug-likeness (QED) is 0.0225. The molecule has 0 saturated carbocycles. The maximum atomic E-state index is 15.3. The zero-order chi connectivity index (χ0) is 50.0. The van der Waals surface area contributed by atoms with Crippen molar-refractivity contribution in [3.8, 4) is 11.5 Å². The molecule has 1 heterocycles. The van der Waals surface area contributed by atoms with Gasteiger partial charge >= 0.3 is 19.9 Å². The van der Waals surface area contributed by atoms with Crippen molar-refractivity contribution < 1.29 is 55.8 Å². The Kier molecular flexibility index (Phi) is 32.0. The zero-order valence-electron chi connectivity index (χ0n) is 41.1. The molecule has 0 radical (unpaired) electrons. The predicted octanol–water partition coefficient (Wildman–Crippen LogP) is 15.3. The maximum absolute atomic E-state index is 15.3. The Hall–Kier alpha value is -2.61. The number of hydrogen-bond acceptors (Lipinski definition) is 11. The van der Waals surface area contributed by atoms with Crippen molar-refractivity contribution in [2.75, 3.05) is 26.5 Å². The van der Waals surface area contributed by atoms with Crippen LogP contribution in [-0.4, -0.2) is 79.1 Å². The molecule has 1 N–H and O–H groups in total. The number of benzene rings is 2. The first-order valence-corrected chi connectivity index (χ1v) is 28.0. The normalized spacial score (nSPS) is 18.8. The molecule has 6 atom stereocenters. The molecular formula is C52H80Cl3FNO11P. The Bertz CT molecular complexity index is 1650. The summed E-state index contributed by atoms with van der Waals surface area (Å²) in [4.78, 5) is 26.7. The maximum Gasteiger partial charge on any atom is 0.588 e. The van der Waals surface area contributed by atoms with Crippen LogP contribution >= 0.6 is 42.6 Å². The van der Waals surface area contributed by atoms with Crippen molar-refractivity contribution in [3.05, 3.63) is 73.3 Å². The van der Waals surface area contributed by atoms with E-state index in [1.54, 1.807) is 60.7 Å². The number of ether oxygens (including phenoxy) is 5. The second-order valence-electron chi connectivity index (χ2n) is 17.6. The first-order valence-electron chi connectivity index (χ1n) is 25.4. The highest BCUT2D eigenvalue weighted by atomic mass is 35.6. The number of alkyl halides is 4. The number of amides is 1. The number of unbranched alkanes of at least 4 members (excludes halogenated alkanes) is 18. The number of hydrogen-bond donors (Lipinski definition) is 1. The van der Waals surface area contributed by atoms with Gasteiger partial charge in [-0.2, -0.15) is 0 Å². The van der Waals surface area contributed by atoms with Gasteiger partial charge < -0.3 is 38.0 Å². The SMILES string of the molecule is C=CCO[C@H]1O[C@H](CF)[C@@H](OP(=O)(Oc2ccccc2)Oc2ccccc2)[C@H](OCC[C@H](CCCCCCCCCCC)OC(=O)CCCCCCCCCCCCC)[C@@H]1NC(=O)OCC(Cl)(Cl)Cl. The Balaban J connectivity index is 1.85. The summed E-state index contributed by atoms with van der Waals surface area (Å²) in [5, 5.41) is 2.65. The van der Waals surface area contributed by atoms with E-state index >= 15 is 4.39 Å². The fourth-order valence-corrected chi connectivity index (χ4v) is 9.63. The molecule has 392 valence electrons. The third-order valence-corrected chi connectivity index (χ3v) is 13.4. The topological polar surface area (TPSA) is 137 Å². The number of carbonyl (C=O) groups excluding carboxylic acids is 2. The molecule has 17 heteroatoms. The summed E-state index contributed by atoms with van der Waals surface area (Å²) in [7, 11) is -4.74. The summed E-state index contributed by atoms with van der Waals surface area (Å²) < 4.78 is 76.2. The zero-order valence-corrected chi connectivity index (χ0v) is 44.2. The molecule has 12 nitrogen and oxygen atoms in total. The number of alkyl carbamates (subject to hydrolysis) is 1. The van der Waals surface area contributed by atoms with E-state index in [4.69, 9.17) is 72.1 Å². The van der Waals surface area contributed by atoms with Crippen molar-refractivity contribution >= 4 is 54.7 Å². The van der Waals surface area contributed by atoms with E-state index in [0.717, 1.165) is 51.4 Å². The summed E-state index contributed by atoms with van der Waals surface area (Å²) in [6.07, 6.45) is 18.3. The molecule has 0 bridgehead atoms. The molecule has 1 saturated heterocycles. The minimum atomic E-state index is -4.74. The van der Waals surface area contributed by atoms with Gasteiger partial charge in [0.15, 0.2) is 6.29 Å². The first-order chi connectivity index (χ1) is 33.4. The van der Waals surface area contributed by atoms with Crippen LogP contribution in [0, 0.1) is 0 Å². The minimum Gasteiger partial charge on any atom is -0.462 e. The Morgan fingerprint density at radius 3 is 1.74 bits per heavy atom. The predicted molar refractivity (Wildman–Crippen MR) is 273 cm³/mol. The number of carbonyl (C=O) groups is 2. The van der Waals surface area contributed by atoms with Crippen LogP contribution in [0.4, 0.5) is 9.18 Å². The van der Waals surface area contributed by atoms with E-state index in [1.165, 1.54) is 83.1 Å². The first kappa shape index (κ1) is 60.7. The molecule has 1 fully saturated rings. The number of phosphoric ester groups is 1. The number of para-hydroxylation sites is 2. The van der Waals surface area contributed by atoms with E-state index < -0.39 is 67.7 Å². The molecule has 3 rings (SSSR count). The molecule has 0 spiro atoms. The largest absolute Gasteiger partial charge is 0.588 e. The summed E-state index contributed by atoms with van der Waals surface area (Å²) >= 11 is 17.7. The molecule has 0 aliphatic carbocycles. The molecule has 1 amide bonds. The van der Waals surface area contributed by atoms with Crippen LogP contribution in [0.2, 0.25) is 0 Å². The van der Waals surface area contributed by atoms with Gasteiger partial charge in [-0.3, -0.25) is 9.32 Å². The minimum absolute atomic E-state index is 0.0731. The standard InChI is InChI=1S/C52H80Cl3FNO11P/c1-4-7-9-11-13-15-16-18-20-22-30-36-46(58)64-42(31-25-21-19-17-14-12-10-8-5-2)37-39-61-49-47(57-51(59)63-41-52(53,54)55)50(62-38-6-3)65-45(40-56)48(49)68-69(60,66-43-32-26-23-27-33-43)67-44-34-28-24-29-35-44/h6,23-24,26-29,32-35,42,45,47-50H,3-5,7-22,25,30-31,36-41H2,1-2H3,(H,57,59)/t42-,45+,47-,48+,49+,50-/m0/s1. The monoisotopic (exact) mass is 1050 g/mol. The van der Waals surface area contributed by atoms with Crippen LogP contribution in [0.3, 0.4) is 0 Å². The second-order valence-corrected chi connectivity index (χ2v) is 21.6. The Labute approximate surface area is 427 Å². The van der Waals surface area contributed by atoms with Gasteiger partial charge in [0.25, 0.3) is 0 Å². The van der Waals surface area contributed by atoms with E-state index in [1.807, 2.05) is 0 Å². The number of esters is 1. The highest BCUT2D eigenvalue weighted by Crippen LogP contribution is 2.52. The highest BCUT2D eigenvalue weighted by Gasteiger charge is 2.53. The van der Waals surface area contributed by atoms with Crippen molar-refractivity contribution in [1.29, 1.82) is 0 Å². The van der Waals surface area contributed by atoms with Crippen molar-refractivity contribution in [2.24, 2.45) is 0 Å². The smallest absolute Gasteiger partial charge is 0.462 e. The number of halogens is 4. The van der Waals surface area contributed by atoms with E-state index in [2.05, 4.69) is 25.7 Å². The summed E-state index contributed by atoms with van der Waals surface area (Å²) in [6, 6.07) is 15.1. The third-order valence-electron chi connectivity index (χ3n) is 11.7. The number of phosphoric acid groups is 1. The molecule has 0 aromatic heterocycles. The molecular weight excluding hydrogens is 971 g/mol. The summed E-state index contributed by atoms with van der Waals surface area (Å²) in [5.74, 6) is -0.00809. The van der Waals surface area contributed by atoms with Crippen LogP contribution in [0.25, 0.3) is 0 Å². The van der Waals surface area contributed by atoms with Gasteiger partial charge in [-0.25, -0.2) is 13.8 Å². The van der Waals surface area contributed by atoms with E-state index in [-0.39, 0.29) is 37.1 Å². The van der Waals surface area contributed by atoms with Crippen molar-refractivity contribution in [1.82, 2.24) is 5.32 Å². The molecule has 0 unspecified atom stereocenters. The Morgan fingerprint density at radius 2 is 1.25 bits per heavy atom. The molecule has 1 aliphatic heterocycles. The average Bonchev–Trinajstić information content (AvgIpc) is 3.32. The van der Waals surface area contributed by atoms with Crippen LogP contribution < -0.4 is 14.4 Å². The lowest BCUT2D eigenvalue weighted by Gasteiger charge is -2.45. The van der Waals surface area contributed by atoms with Gasteiger partial charge in [0.05, 0.1) is 13.2 Å². The summed E-state index contributed by atoms with van der Waals surface area (Å²) in [6.45, 7) is 6.21. The summed E-state index contributed by atoms with van der Waals surface area (Å²) in [5.41, 5.74) is 0. The molecule has 2 aromatic rings. The lowest BCUT2D eigenvalue weighted by atomic mass is 9.96. The van der Waals surface area contributed by atoms with Crippen LogP contribution in [0.15, 0.2) is 73.3 Å². The van der Waals surface area contributed by atoms with Gasteiger partial charge in [0.1, 0.15) is 55.2 Å². The average molecular weight is 1050 g/mol. The Morgan fingerprint density at radius 1 is 0.739 bits per heavy atom. The van der Waals surface area contributed by atoms with Crippen LogP contribution in [0.5, 0.6) is 11.5 Å². The lowest BCUT2D eigenvalue weighted by Crippen LogP contribution is -2.66. The number of rotatable bonds is 39. The van der Waals surface area contributed by atoms with Crippen molar-refractivity contribution in [3.63, 3.8) is 0 Å². The van der Waals surface area contributed by atoms with Gasteiger partial charge in [0, 0.05) is 12.8 Å². The van der Waals surface area contributed by atoms with Crippen LogP contribution in [-0.2, 0) is 37.6 Å². The van der Waals surface area contributed by atoms with Gasteiger partial charge in [-0.1, -0.05) is 207 Å². The molecule has 2 aromatic carbocycles. The fourth-order valence-electron chi connectivity index (χ4n) is 8.03. The van der Waals surface area contributed by atoms with Gasteiger partial charge in [0.2, 0.25) is 3.79 Å². The third kappa shape index (κ3) is 27.1. The van der Waals surface area contributed by atoms with E-state index in [0.29, 0.717) is 12.8 Å². The van der Waals surface area contributed by atoms with Gasteiger partial charge in [-0.15, -0.1) is 6.58 Å². The van der Waals surface area contributed by atoms with Crippen molar-refractivity contribution in [2.45, 2.75) is 202 Å². The highest BCUT2D eigenvalue weighted by molar-refractivity contribution is 7.49. The lowest BCUT2D eigenvalue weighted by molar-refractivity contribution is -0.267. The van der Waals surface area contributed by atoms with Gasteiger partial charge in [-0.05, 0) is 43.5 Å². The van der Waals surface area contributed by atoms with E-state index in [9.17, 15) is 14.2 Å². The molecule has 69 heavy (non-hydrogen) atoms. The molecule has 1 aliphatic rings. The number of nitrogens with one attached hydrogen (secondary N) is 1. The van der Waals surface area contributed by atoms with Crippen LogP contribution in [0.1, 0.15) is 162 Å².